The third-order valence-electron chi connectivity index (χ3n) is 1.60. The SMILES string of the molecule is FC(F)(F)c1cn2cc(Cl)ncc2n1. The maximum Gasteiger partial charge on any atom is 0.434 e. The zero-order chi connectivity index (χ0) is 10.3. The summed E-state index contributed by atoms with van der Waals surface area (Å²) in [6.45, 7) is 0. The molecule has 0 aliphatic rings. The summed E-state index contributed by atoms with van der Waals surface area (Å²) in [5, 5.41) is 0.114. The van der Waals surface area contributed by atoms with Crippen molar-refractivity contribution in [3.05, 3.63) is 29.4 Å². The maximum absolute atomic E-state index is 12.2. The van der Waals surface area contributed by atoms with Gasteiger partial charge in [-0.05, 0) is 0 Å². The lowest BCUT2D eigenvalue weighted by atomic mass is 10.5. The minimum atomic E-state index is -4.45. The van der Waals surface area contributed by atoms with E-state index in [0.717, 1.165) is 6.20 Å². The highest BCUT2D eigenvalue weighted by Gasteiger charge is 2.33. The Balaban J connectivity index is 2.63. The average Bonchev–Trinajstić information content (AvgIpc) is 2.45. The van der Waals surface area contributed by atoms with E-state index in [2.05, 4.69) is 9.97 Å². The topological polar surface area (TPSA) is 30.2 Å². The maximum atomic E-state index is 12.2. The number of alkyl halides is 3. The summed E-state index contributed by atoms with van der Waals surface area (Å²) in [6, 6.07) is 0. The molecule has 14 heavy (non-hydrogen) atoms. The number of nitrogens with zero attached hydrogens (tertiary/aromatic N) is 3. The fourth-order valence-electron chi connectivity index (χ4n) is 1.01. The van der Waals surface area contributed by atoms with Crippen LogP contribution < -0.4 is 0 Å². The van der Waals surface area contributed by atoms with E-state index >= 15 is 0 Å². The van der Waals surface area contributed by atoms with Crippen molar-refractivity contribution < 1.29 is 13.2 Å². The van der Waals surface area contributed by atoms with E-state index in [-0.39, 0.29) is 10.8 Å². The van der Waals surface area contributed by atoms with Gasteiger partial charge in [0.1, 0.15) is 5.15 Å². The van der Waals surface area contributed by atoms with Crippen LogP contribution >= 0.6 is 11.6 Å². The van der Waals surface area contributed by atoms with Gasteiger partial charge in [0, 0.05) is 12.4 Å². The van der Waals surface area contributed by atoms with E-state index < -0.39 is 11.9 Å². The van der Waals surface area contributed by atoms with Gasteiger partial charge < -0.3 is 4.40 Å². The minimum Gasteiger partial charge on any atom is -0.302 e. The second-order valence-electron chi connectivity index (χ2n) is 2.60. The van der Waals surface area contributed by atoms with Crippen LogP contribution in [0.25, 0.3) is 5.65 Å². The van der Waals surface area contributed by atoms with Crippen LogP contribution in [-0.2, 0) is 6.18 Å². The Morgan fingerprint density at radius 3 is 2.64 bits per heavy atom. The van der Waals surface area contributed by atoms with Crippen molar-refractivity contribution in [2.45, 2.75) is 6.18 Å². The predicted octanol–water partition coefficient (Wildman–Crippen LogP) is 2.40. The van der Waals surface area contributed by atoms with Crippen molar-refractivity contribution in [2.24, 2.45) is 0 Å². The molecule has 0 aliphatic carbocycles. The molecular formula is C7H3ClF3N3. The average molecular weight is 222 g/mol. The summed E-state index contributed by atoms with van der Waals surface area (Å²) in [6.07, 6.45) is -1.14. The van der Waals surface area contributed by atoms with Gasteiger partial charge in [-0.15, -0.1) is 0 Å². The Bertz CT molecular complexity index is 476. The van der Waals surface area contributed by atoms with Gasteiger partial charge in [-0.25, -0.2) is 9.97 Å². The van der Waals surface area contributed by atoms with Crippen LogP contribution in [0.4, 0.5) is 13.2 Å². The number of hydrogen-bond donors (Lipinski definition) is 0. The van der Waals surface area contributed by atoms with Gasteiger partial charge in [-0.2, -0.15) is 13.2 Å². The fourth-order valence-corrected chi connectivity index (χ4v) is 1.16. The number of rotatable bonds is 0. The number of fused-ring (bicyclic) bond motifs is 1. The summed E-state index contributed by atoms with van der Waals surface area (Å²) in [4.78, 5) is 6.96. The Kier molecular flexibility index (Phi) is 1.88. The highest BCUT2D eigenvalue weighted by atomic mass is 35.5. The van der Waals surface area contributed by atoms with Crippen molar-refractivity contribution in [3.63, 3.8) is 0 Å². The van der Waals surface area contributed by atoms with E-state index in [9.17, 15) is 13.2 Å². The van der Waals surface area contributed by atoms with Crippen LogP contribution in [-0.4, -0.2) is 14.4 Å². The Hall–Kier alpha value is -1.30. The first-order valence-corrected chi connectivity index (χ1v) is 3.92. The van der Waals surface area contributed by atoms with Crippen molar-refractivity contribution in [3.8, 4) is 0 Å². The van der Waals surface area contributed by atoms with Gasteiger partial charge >= 0.3 is 6.18 Å². The third-order valence-corrected chi connectivity index (χ3v) is 1.80. The largest absolute Gasteiger partial charge is 0.434 e. The van der Waals surface area contributed by atoms with Crippen LogP contribution in [0.5, 0.6) is 0 Å². The van der Waals surface area contributed by atoms with Crippen molar-refractivity contribution in [2.75, 3.05) is 0 Å². The molecule has 0 saturated carbocycles. The Morgan fingerprint density at radius 1 is 1.29 bits per heavy atom. The van der Waals surface area contributed by atoms with Gasteiger partial charge in [0.25, 0.3) is 0 Å². The Morgan fingerprint density at radius 2 is 2.00 bits per heavy atom. The molecule has 2 rings (SSSR count). The van der Waals surface area contributed by atoms with Gasteiger partial charge in [0.05, 0.1) is 6.20 Å². The number of hydrogen-bond acceptors (Lipinski definition) is 2. The molecule has 0 amide bonds. The molecule has 0 radical (unpaired) electrons. The van der Waals surface area contributed by atoms with Crippen LogP contribution in [0, 0.1) is 0 Å². The van der Waals surface area contributed by atoms with Crippen molar-refractivity contribution >= 4 is 17.2 Å². The van der Waals surface area contributed by atoms with E-state index in [4.69, 9.17) is 11.6 Å². The number of imidazole rings is 1. The molecule has 3 nitrogen and oxygen atoms in total. The van der Waals surface area contributed by atoms with Gasteiger partial charge in [-0.1, -0.05) is 11.6 Å². The van der Waals surface area contributed by atoms with Crippen LogP contribution in [0.2, 0.25) is 5.15 Å². The van der Waals surface area contributed by atoms with E-state index in [1.165, 1.54) is 16.8 Å². The summed E-state index contributed by atoms with van der Waals surface area (Å²) < 4.78 is 37.8. The summed E-state index contributed by atoms with van der Waals surface area (Å²) in [7, 11) is 0. The first-order chi connectivity index (χ1) is 6.47. The van der Waals surface area contributed by atoms with Crippen LogP contribution in [0.15, 0.2) is 18.6 Å². The molecule has 0 atom stereocenters. The Labute approximate surface area is 81.2 Å². The van der Waals surface area contributed by atoms with Crippen molar-refractivity contribution in [1.82, 2.24) is 14.4 Å². The minimum absolute atomic E-state index is 0.113. The second kappa shape index (κ2) is 2.84. The molecule has 0 unspecified atom stereocenters. The number of halogens is 4. The van der Waals surface area contributed by atoms with Crippen molar-refractivity contribution in [1.29, 1.82) is 0 Å². The molecule has 7 heteroatoms. The molecule has 2 aromatic heterocycles. The zero-order valence-corrected chi connectivity index (χ0v) is 7.34. The lowest BCUT2D eigenvalue weighted by Crippen LogP contribution is -2.04. The molecular weight excluding hydrogens is 219 g/mol. The van der Waals surface area contributed by atoms with E-state index in [1.54, 1.807) is 0 Å². The molecule has 0 saturated heterocycles. The van der Waals surface area contributed by atoms with Gasteiger partial charge in [-0.3, -0.25) is 0 Å². The standard InChI is InChI=1S/C7H3ClF3N3/c8-5-3-14-2-4(7(9,10)11)13-6(14)1-12-5/h1-3H. The highest BCUT2D eigenvalue weighted by molar-refractivity contribution is 6.29. The quantitative estimate of drug-likeness (QED) is 0.684. The summed E-state index contributed by atoms with van der Waals surface area (Å²) in [5.41, 5.74) is -0.844. The molecule has 0 spiro atoms. The van der Waals surface area contributed by atoms with E-state index in [1.807, 2.05) is 0 Å². The third kappa shape index (κ3) is 1.52. The zero-order valence-electron chi connectivity index (χ0n) is 6.59. The highest BCUT2D eigenvalue weighted by Crippen LogP contribution is 2.28. The number of aromatic nitrogens is 3. The molecule has 0 aromatic carbocycles. The van der Waals surface area contributed by atoms with Gasteiger partial charge in [0.15, 0.2) is 11.3 Å². The molecule has 0 N–H and O–H groups in total. The monoisotopic (exact) mass is 221 g/mol. The summed E-state index contributed by atoms with van der Waals surface area (Å²) >= 11 is 5.50. The lowest BCUT2D eigenvalue weighted by Gasteiger charge is -1.98. The molecule has 74 valence electrons. The molecule has 0 bridgehead atoms. The first-order valence-electron chi connectivity index (χ1n) is 3.54. The molecule has 2 heterocycles. The van der Waals surface area contributed by atoms with Crippen LogP contribution in [0.3, 0.4) is 0 Å². The van der Waals surface area contributed by atoms with E-state index in [0.29, 0.717) is 0 Å². The summed E-state index contributed by atoms with van der Waals surface area (Å²) in [5.74, 6) is 0. The van der Waals surface area contributed by atoms with Gasteiger partial charge in [0.2, 0.25) is 0 Å². The first kappa shape index (κ1) is 9.26. The molecule has 2 aromatic rings. The molecule has 0 aliphatic heterocycles. The fraction of sp³-hybridized carbons (Fsp3) is 0.143. The predicted molar refractivity (Wildman–Crippen MR) is 43.0 cm³/mol. The van der Waals surface area contributed by atoms with Crippen LogP contribution in [0.1, 0.15) is 5.69 Å². The molecule has 0 fully saturated rings. The lowest BCUT2D eigenvalue weighted by molar-refractivity contribution is -0.140. The second-order valence-corrected chi connectivity index (χ2v) is 2.99. The normalized spacial score (nSPS) is 12.3. The smallest absolute Gasteiger partial charge is 0.302 e.